The Morgan fingerprint density at radius 2 is 1.88 bits per heavy atom. The molecular formula is C26H21ClF3N5O5. The molecule has 208 valence electrons. The SMILES string of the molecule is CCC(C(=O)Nc1ccc(C(N)=O)c(F)c1)n1cc(OC)c(-c2cc(Cl)ccc2-c2nnc(C(F)F)o2)cc1=O. The average Bonchev–Trinajstić information content (AvgIpc) is 3.40. The largest absolute Gasteiger partial charge is 0.495 e. The van der Waals surface area contributed by atoms with Crippen LogP contribution in [0.3, 0.4) is 0 Å². The Labute approximate surface area is 229 Å². The lowest BCUT2D eigenvalue weighted by atomic mass is 9.99. The molecule has 14 heteroatoms. The molecule has 0 radical (unpaired) electrons. The number of rotatable bonds is 9. The maximum atomic E-state index is 14.2. The predicted octanol–water partition coefficient (Wildman–Crippen LogP) is 4.99. The first-order valence-corrected chi connectivity index (χ1v) is 12.0. The van der Waals surface area contributed by atoms with Crippen LogP contribution >= 0.6 is 11.6 Å². The predicted molar refractivity (Wildman–Crippen MR) is 139 cm³/mol. The number of nitrogens with zero attached hydrogens (tertiary/aromatic N) is 3. The van der Waals surface area contributed by atoms with E-state index in [1.165, 1.54) is 43.6 Å². The van der Waals surface area contributed by atoms with Crippen molar-refractivity contribution in [2.75, 3.05) is 12.4 Å². The lowest BCUT2D eigenvalue weighted by Gasteiger charge is -2.20. The maximum absolute atomic E-state index is 14.2. The van der Waals surface area contributed by atoms with Crippen LogP contribution < -0.4 is 21.3 Å². The molecule has 2 amide bonds. The van der Waals surface area contributed by atoms with Gasteiger partial charge < -0.3 is 20.2 Å². The third-order valence-corrected chi connectivity index (χ3v) is 6.16. The summed E-state index contributed by atoms with van der Waals surface area (Å²) in [6.45, 7) is 1.67. The molecule has 2 aromatic carbocycles. The maximum Gasteiger partial charge on any atom is 0.314 e. The van der Waals surface area contributed by atoms with Crippen molar-refractivity contribution in [2.24, 2.45) is 5.73 Å². The number of methoxy groups -OCH3 is 1. The molecule has 0 aliphatic rings. The van der Waals surface area contributed by atoms with Gasteiger partial charge in [0.2, 0.25) is 11.8 Å². The summed E-state index contributed by atoms with van der Waals surface area (Å²) in [5.74, 6) is -3.48. The Bertz CT molecular complexity index is 1660. The fourth-order valence-corrected chi connectivity index (χ4v) is 4.20. The number of halogens is 4. The summed E-state index contributed by atoms with van der Waals surface area (Å²) in [5.41, 5.74) is 4.92. The number of carbonyl (C=O) groups is 2. The monoisotopic (exact) mass is 575 g/mol. The third-order valence-electron chi connectivity index (χ3n) is 5.92. The molecule has 0 aliphatic heterocycles. The van der Waals surface area contributed by atoms with Crippen molar-refractivity contribution in [3.05, 3.63) is 81.3 Å². The Morgan fingerprint density at radius 3 is 2.48 bits per heavy atom. The smallest absolute Gasteiger partial charge is 0.314 e. The van der Waals surface area contributed by atoms with Crippen LogP contribution in [-0.4, -0.2) is 33.7 Å². The van der Waals surface area contributed by atoms with Gasteiger partial charge in [-0.3, -0.25) is 19.0 Å². The molecule has 1 atom stereocenters. The fraction of sp³-hybridized carbons (Fsp3) is 0.192. The summed E-state index contributed by atoms with van der Waals surface area (Å²) in [6.07, 6.45) is -1.51. The minimum absolute atomic E-state index is 0.0499. The highest BCUT2D eigenvalue weighted by Gasteiger charge is 2.25. The van der Waals surface area contributed by atoms with Gasteiger partial charge in [-0.05, 0) is 48.4 Å². The number of anilines is 1. The zero-order valence-corrected chi connectivity index (χ0v) is 21.7. The first-order valence-electron chi connectivity index (χ1n) is 11.7. The number of nitrogens with two attached hydrogens (primary N) is 1. The zero-order valence-electron chi connectivity index (χ0n) is 21.0. The van der Waals surface area contributed by atoms with Gasteiger partial charge in [0, 0.05) is 27.9 Å². The average molecular weight is 576 g/mol. The van der Waals surface area contributed by atoms with Gasteiger partial charge in [0.25, 0.3) is 17.4 Å². The van der Waals surface area contributed by atoms with Crippen LogP contribution in [0.25, 0.3) is 22.6 Å². The van der Waals surface area contributed by atoms with E-state index in [2.05, 4.69) is 15.5 Å². The van der Waals surface area contributed by atoms with Crippen LogP contribution in [0.4, 0.5) is 18.9 Å². The third kappa shape index (κ3) is 5.69. The van der Waals surface area contributed by atoms with Crippen molar-refractivity contribution < 1.29 is 31.9 Å². The molecule has 40 heavy (non-hydrogen) atoms. The summed E-state index contributed by atoms with van der Waals surface area (Å²) in [6, 6.07) is 7.95. The van der Waals surface area contributed by atoms with Crippen molar-refractivity contribution in [3.8, 4) is 28.3 Å². The Balaban J connectivity index is 1.73. The Morgan fingerprint density at radius 1 is 1.12 bits per heavy atom. The highest BCUT2D eigenvalue weighted by molar-refractivity contribution is 6.31. The Hall–Kier alpha value is -4.65. The minimum Gasteiger partial charge on any atom is -0.495 e. The van der Waals surface area contributed by atoms with E-state index < -0.39 is 41.5 Å². The highest BCUT2D eigenvalue weighted by atomic mass is 35.5. The number of amides is 2. The topological polar surface area (TPSA) is 142 Å². The summed E-state index contributed by atoms with van der Waals surface area (Å²) < 4.78 is 51.9. The van der Waals surface area contributed by atoms with E-state index in [0.29, 0.717) is 0 Å². The lowest BCUT2D eigenvalue weighted by molar-refractivity contribution is -0.119. The highest BCUT2D eigenvalue weighted by Crippen LogP contribution is 2.38. The molecule has 0 saturated heterocycles. The van der Waals surface area contributed by atoms with Crippen LogP contribution in [0.2, 0.25) is 5.02 Å². The van der Waals surface area contributed by atoms with Gasteiger partial charge in [0.15, 0.2) is 0 Å². The molecule has 4 aromatic rings. The number of aromatic nitrogens is 3. The van der Waals surface area contributed by atoms with Crippen LogP contribution in [0, 0.1) is 5.82 Å². The van der Waals surface area contributed by atoms with Crippen LogP contribution in [0.15, 0.2) is 57.9 Å². The van der Waals surface area contributed by atoms with Gasteiger partial charge in [-0.2, -0.15) is 8.78 Å². The lowest BCUT2D eigenvalue weighted by Crippen LogP contribution is -2.32. The minimum atomic E-state index is -2.98. The molecule has 4 rings (SSSR count). The first-order chi connectivity index (χ1) is 19.0. The first kappa shape index (κ1) is 28.4. The quantitative estimate of drug-likeness (QED) is 0.286. The second-order valence-electron chi connectivity index (χ2n) is 8.41. The zero-order chi connectivity index (χ0) is 29.1. The molecule has 2 heterocycles. The van der Waals surface area contributed by atoms with Crippen molar-refractivity contribution >= 4 is 29.1 Å². The molecular weight excluding hydrogens is 555 g/mol. The van der Waals surface area contributed by atoms with E-state index in [1.807, 2.05) is 0 Å². The number of primary amides is 1. The second-order valence-corrected chi connectivity index (χ2v) is 8.85. The molecule has 0 aliphatic carbocycles. The Kier molecular flexibility index (Phi) is 8.24. The molecule has 0 bridgehead atoms. The van der Waals surface area contributed by atoms with E-state index in [-0.39, 0.29) is 51.0 Å². The normalized spacial score (nSPS) is 11.9. The fourth-order valence-electron chi connectivity index (χ4n) is 4.03. The number of hydrogen-bond donors (Lipinski definition) is 2. The molecule has 3 N–H and O–H groups in total. The van der Waals surface area contributed by atoms with Gasteiger partial charge in [-0.1, -0.05) is 18.5 Å². The van der Waals surface area contributed by atoms with Crippen molar-refractivity contribution in [3.63, 3.8) is 0 Å². The van der Waals surface area contributed by atoms with E-state index in [0.717, 1.165) is 16.7 Å². The number of carbonyl (C=O) groups excluding carboxylic acids is 2. The standard InChI is InChI=1S/C26H21ClF3N5O5/c1-3-19(24(38)32-13-5-7-15(23(31)37)18(28)9-13)35-11-20(39-2)17(10-21(35)36)16-8-12(27)4-6-14(16)25-33-34-26(40-25)22(29)30/h4-11,19,22H,3H2,1-2H3,(H2,31,37)(H,32,38). The summed E-state index contributed by atoms with van der Waals surface area (Å²) in [7, 11) is 1.34. The molecule has 0 saturated carbocycles. The summed E-state index contributed by atoms with van der Waals surface area (Å²) >= 11 is 6.19. The number of alkyl halides is 2. The van der Waals surface area contributed by atoms with Crippen LogP contribution in [-0.2, 0) is 4.79 Å². The number of hydrogen-bond acceptors (Lipinski definition) is 7. The molecule has 1 unspecified atom stereocenters. The van der Waals surface area contributed by atoms with Crippen LogP contribution in [0.1, 0.15) is 42.1 Å². The van der Waals surface area contributed by atoms with E-state index in [9.17, 15) is 27.6 Å². The number of nitrogens with one attached hydrogen (secondary N) is 1. The van der Waals surface area contributed by atoms with Crippen LogP contribution in [0.5, 0.6) is 5.75 Å². The summed E-state index contributed by atoms with van der Waals surface area (Å²) in [4.78, 5) is 37.6. The number of pyridine rings is 1. The van der Waals surface area contributed by atoms with Crippen molar-refractivity contribution in [1.29, 1.82) is 0 Å². The number of benzene rings is 2. The molecule has 0 fully saturated rings. The van der Waals surface area contributed by atoms with E-state index in [1.54, 1.807) is 6.92 Å². The molecule has 10 nitrogen and oxygen atoms in total. The van der Waals surface area contributed by atoms with E-state index >= 15 is 0 Å². The van der Waals surface area contributed by atoms with Gasteiger partial charge in [0.1, 0.15) is 17.6 Å². The van der Waals surface area contributed by atoms with Crippen molar-refractivity contribution in [1.82, 2.24) is 14.8 Å². The second kappa shape index (κ2) is 11.6. The van der Waals surface area contributed by atoms with Crippen molar-refractivity contribution in [2.45, 2.75) is 25.8 Å². The van der Waals surface area contributed by atoms with Gasteiger partial charge in [0.05, 0.1) is 18.9 Å². The summed E-state index contributed by atoms with van der Waals surface area (Å²) in [5, 5.41) is 9.80. The van der Waals surface area contributed by atoms with Gasteiger partial charge >= 0.3 is 6.43 Å². The van der Waals surface area contributed by atoms with Gasteiger partial charge in [-0.15, -0.1) is 10.2 Å². The van der Waals surface area contributed by atoms with Gasteiger partial charge in [-0.25, -0.2) is 4.39 Å². The number of ether oxygens (including phenoxy) is 1. The molecule has 2 aromatic heterocycles. The van der Waals surface area contributed by atoms with E-state index in [4.69, 9.17) is 26.5 Å². The molecule has 0 spiro atoms.